The molecule has 0 aliphatic rings. The van der Waals surface area contributed by atoms with Crippen LogP contribution in [0.1, 0.15) is 50.7 Å². The summed E-state index contributed by atoms with van der Waals surface area (Å²) in [6, 6.07) is 45.4. The molecule has 0 atom stereocenters. The van der Waals surface area contributed by atoms with Crippen molar-refractivity contribution in [3.8, 4) is 28.2 Å². The van der Waals surface area contributed by atoms with Gasteiger partial charge in [-0.2, -0.15) is 0 Å². The minimum absolute atomic E-state index is 0.310. The van der Waals surface area contributed by atoms with Crippen molar-refractivity contribution in [2.24, 2.45) is 0 Å². The van der Waals surface area contributed by atoms with Crippen molar-refractivity contribution in [3.05, 3.63) is 132 Å². The second-order valence-electron chi connectivity index (χ2n) is 15.7. The molecule has 0 saturated carbocycles. The summed E-state index contributed by atoms with van der Waals surface area (Å²) in [4.78, 5) is 5.45. The first-order chi connectivity index (χ1) is 24.1. The summed E-state index contributed by atoms with van der Waals surface area (Å²) < 4.78 is 6.47. The Kier molecular flexibility index (Phi) is 7.06. The predicted octanol–water partition coefficient (Wildman–Crippen LogP) is 12.3. The topological polar surface area (TPSA) is 22.2 Å². The molecule has 6 aromatic carbocycles. The van der Waals surface area contributed by atoms with E-state index in [-0.39, 0.29) is 0 Å². The molecule has 0 unspecified atom stereocenters. The van der Waals surface area contributed by atoms with Gasteiger partial charge in [0.25, 0.3) is 0 Å². The first-order valence-corrected chi connectivity index (χ1v) is 25.4. The molecule has 0 N–H and O–H groups in total. The number of aromatic nitrogens is 3. The van der Waals surface area contributed by atoms with E-state index in [1.54, 1.807) is 4.40 Å². The van der Waals surface area contributed by atoms with Crippen molar-refractivity contribution in [3.63, 3.8) is 0 Å². The van der Waals surface area contributed by atoms with E-state index in [2.05, 4.69) is 175 Å². The second-order valence-corrected chi connectivity index (χ2v) is 26.3. The third kappa shape index (κ3) is 4.66. The van der Waals surface area contributed by atoms with E-state index in [1.165, 1.54) is 66.0 Å². The third-order valence-corrected chi connectivity index (χ3v) is 15.1. The van der Waals surface area contributed by atoms with E-state index < -0.39 is 13.3 Å². The zero-order valence-corrected chi connectivity index (χ0v) is 32.1. The number of para-hydroxylation sites is 4. The molecule has 50 heavy (non-hydrogen) atoms. The number of benzene rings is 6. The Morgan fingerprint density at radius 3 is 1.58 bits per heavy atom. The number of rotatable bonds is 6. The predicted molar refractivity (Wildman–Crippen MR) is 218 cm³/mol. The molecule has 0 aliphatic heterocycles. The van der Waals surface area contributed by atoms with Gasteiger partial charge in [0.1, 0.15) is 0 Å². The van der Waals surface area contributed by atoms with Crippen LogP contribution < -0.4 is 4.40 Å². The third-order valence-electron chi connectivity index (χ3n) is 10.7. The van der Waals surface area contributed by atoms with E-state index in [0.29, 0.717) is 11.8 Å². The second kappa shape index (κ2) is 11.3. The number of hydrogen-bond acceptors (Lipinski definition) is 1. The summed E-state index contributed by atoms with van der Waals surface area (Å²) >= 11 is -1.91. The van der Waals surface area contributed by atoms with Gasteiger partial charge in [0.05, 0.1) is 16.6 Å². The molecule has 0 spiro atoms. The van der Waals surface area contributed by atoms with Gasteiger partial charge in [0.2, 0.25) is 0 Å². The Hall–Kier alpha value is -4.87. The monoisotopic (exact) mass is 711 g/mol. The van der Waals surface area contributed by atoms with Crippen LogP contribution in [0.15, 0.2) is 121 Å². The minimum atomic E-state index is -1.91. The molecule has 9 rings (SSSR count). The molecule has 4 heteroatoms. The van der Waals surface area contributed by atoms with Gasteiger partial charge in [-0.15, -0.1) is 0 Å². The fraction of sp³-hybridized carbons (Fsp3) is 0.196. The molecule has 0 amide bonds. The molecule has 0 saturated heterocycles. The summed E-state index contributed by atoms with van der Waals surface area (Å²) in [6.45, 7) is 9.33. The van der Waals surface area contributed by atoms with Crippen molar-refractivity contribution in [2.75, 3.05) is 0 Å². The van der Waals surface area contributed by atoms with E-state index >= 15 is 0 Å². The van der Waals surface area contributed by atoms with Crippen LogP contribution in [-0.2, 0) is 0 Å². The van der Waals surface area contributed by atoms with Crippen molar-refractivity contribution >= 4 is 66.8 Å². The molecule has 3 nitrogen and oxygen atoms in total. The van der Waals surface area contributed by atoms with Gasteiger partial charge in [-0.1, -0.05) is 42.5 Å². The van der Waals surface area contributed by atoms with Crippen LogP contribution in [0.25, 0.3) is 77.3 Å². The van der Waals surface area contributed by atoms with Crippen molar-refractivity contribution < 1.29 is 0 Å². The van der Waals surface area contributed by atoms with Crippen LogP contribution in [0.4, 0.5) is 0 Å². The molecule has 0 fully saturated rings. The Bertz CT molecular complexity index is 2620. The maximum absolute atomic E-state index is 5.45. The molecular weight excluding hydrogens is 667 g/mol. The Labute approximate surface area is 296 Å². The fourth-order valence-electron chi connectivity index (χ4n) is 8.17. The first-order valence-electron chi connectivity index (χ1n) is 18.0. The maximum atomic E-state index is 5.45. The molecule has 246 valence electrons. The molecule has 0 aliphatic carbocycles. The normalized spacial score (nSPS) is 12.7. The summed E-state index contributed by atoms with van der Waals surface area (Å²) in [5.74, 6) is 9.00. The quantitative estimate of drug-likeness (QED) is 0.158. The number of fused-ring (bicyclic) bond motifs is 7. The van der Waals surface area contributed by atoms with Crippen molar-refractivity contribution in [1.29, 1.82) is 0 Å². The Balaban J connectivity index is 1.35. The van der Waals surface area contributed by atoms with Gasteiger partial charge >= 0.3 is 201 Å². The molecule has 9 aromatic rings. The van der Waals surface area contributed by atoms with Gasteiger partial charge in [-0.25, -0.2) is 0 Å². The number of hydrogen-bond donors (Lipinski definition) is 0. The average molecular weight is 710 g/mol. The van der Waals surface area contributed by atoms with E-state index in [1.807, 2.05) is 0 Å². The van der Waals surface area contributed by atoms with Crippen LogP contribution >= 0.6 is 0 Å². The zero-order valence-electron chi connectivity index (χ0n) is 30.0. The molecule has 3 aromatic heterocycles. The SMILES string of the molecule is CC(C)c1cc(-c2cc[c]([Ge]([CH3])([CH3])[CH3])cc2)cc(C(C)C)c1-n1c(-c2cc3c4ccccc4n4c5ccccc5c(c2)c34)nc2ccccc21. The van der Waals surface area contributed by atoms with Crippen LogP contribution in [0.3, 0.4) is 0 Å². The first kappa shape index (κ1) is 31.1. The summed E-state index contributed by atoms with van der Waals surface area (Å²) in [7, 11) is 0. The van der Waals surface area contributed by atoms with Gasteiger partial charge in [0, 0.05) is 21.5 Å². The van der Waals surface area contributed by atoms with Gasteiger partial charge in [0.15, 0.2) is 0 Å². The van der Waals surface area contributed by atoms with E-state index in [9.17, 15) is 0 Å². The van der Waals surface area contributed by atoms with Gasteiger partial charge in [-0.05, 0) is 12.1 Å². The van der Waals surface area contributed by atoms with Crippen LogP contribution in [0.2, 0.25) is 17.3 Å². The van der Waals surface area contributed by atoms with Crippen LogP contribution in [-0.4, -0.2) is 27.2 Å². The van der Waals surface area contributed by atoms with Crippen LogP contribution in [0.5, 0.6) is 0 Å². The molecule has 0 bridgehead atoms. The van der Waals surface area contributed by atoms with Gasteiger partial charge < -0.3 is 4.40 Å². The van der Waals surface area contributed by atoms with Gasteiger partial charge in [-0.3, -0.25) is 0 Å². The Morgan fingerprint density at radius 2 is 1.04 bits per heavy atom. The number of nitrogens with zero attached hydrogens (tertiary/aromatic N) is 3. The van der Waals surface area contributed by atoms with Crippen molar-refractivity contribution in [2.45, 2.75) is 56.8 Å². The number of imidazole rings is 1. The molecule has 0 radical (unpaired) electrons. The van der Waals surface area contributed by atoms with E-state index in [0.717, 1.165) is 22.4 Å². The average Bonchev–Trinajstić information content (AvgIpc) is 3.77. The molecular formula is C46H43GeN3. The Morgan fingerprint density at radius 1 is 0.520 bits per heavy atom. The summed E-state index contributed by atoms with van der Waals surface area (Å²) in [5.41, 5.74) is 13.6. The molecule has 3 heterocycles. The summed E-state index contributed by atoms with van der Waals surface area (Å²) in [5, 5.41) is 5.10. The summed E-state index contributed by atoms with van der Waals surface area (Å²) in [6.07, 6.45) is 0. The van der Waals surface area contributed by atoms with E-state index in [4.69, 9.17) is 4.98 Å². The van der Waals surface area contributed by atoms with Crippen LogP contribution in [0, 0.1) is 0 Å². The fourth-order valence-corrected chi connectivity index (χ4v) is 10.6. The van der Waals surface area contributed by atoms with Crippen molar-refractivity contribution in [1.82, 2.24) is 14.0 Å². The zero-order chi connectivity index (χ0) is 34.5. The standard InChI is InChI=1S/C46H43GeN3/c1-28(2)36-24-31(30-20-22-33(23-21-30)47(5,6)7)25-37(29(3)4)44(36)50-43-19-13-10-16-40(43)48-46(50)32-26-38-34-14-8-11-17-41(34)49-42-18-12-9-15-35(42)39(27-32)45(38)49/h8-29H,1-7H3.